The number of carbonyl (C=O) groups excluding carboxylic acids is 1. The SMILES string of the molecule is NC1CCN(C(=O)NC2C3CC4CC(C3)CC2C4)C1. The number of rotatable bonds is 1. The zero-order chi connectivity index (χ0) is 13.0. The van der Waals surface area contributed by atoms with Crippen LogP contribution in [0.25, 0.3) is 0 Å². The lowest BCUT2D eigenvalue weighted by Gasteiger charge is -2.54. The van der Waals surface area contributed by atoms with E-state index in [9.17, 15) is 4.79 Å². The lowest BCUT2D eigenvalue weighted by molar-refractivity contribution is -0.0107. The summed E-state index contributed by atoms with van der Waals surface area (Å²) >= 11 is 0. The lowest BCUT2D eigenvalue weighted by Crippen LogP contribution is -2.57. The first-order valence-corrected chi connectivity index (χ1v) is 8.00. The van der Waals surface area contributed by atoms with Crippen LogP contribution in [0.4, 0.5) is 4.79 Å². The first kappa shape index (κ1) is 12.0. The Balaban J connectivity index is 1.41. The van der Waals surface area contributed by atoms with Crippen LogP contribution in [0.15, 0.2) is 0 Å². The summed E-state index contributed by atoms with van der Waals surface area (Å²) in [4.78, 5) is 14.3. The topological polar surface area (TPSA) is 58.4 Å². The highest BCUT2D eigenvalue weighted by atomic mass is 16.2. The Labute approximate surface area is 115 Å². The van der Waals surface area contributed by atoms with Gasteiger partial charge >= 0.3 is 6.03 Å². The number of carbonyl (C=O) groups is 1. The van der Waals surface area contributed by atoms with Crippen molar-refractivity contribution in [3.63, 3.8) is 0 Å². The van der Waals surface area contributed by atoms with Gasteiger partial charge in [0.15, 0.2) is 0 Å². The average molecular weight is 263 g/mol. The number of urea groups is 1. The summed E-state index contributed by atoms with van der Waals surface area (Å²) < 4.78 is 0. The molecule has 0 aromatic heterocycles. The van der Waals surface area contributed by atoms with Gasteiger partial charge in [0, 0.05) is 25.2 Å². The van der Waals surface area contributed by atoms with E-state index in [1.54, 1.807) is 0 Å². The highest BCUT2D eigenvalue weighted by molar-refractivity contribution is 5.75. The summed E-state index contributed by atoms with van der Waals surface area (Å²) in [5, 5.41) is 3.36. The molecule has 1 heterocycles. The van der Waals surface area contributed by atoms with Crippen LogP contribution >= 0.6 is 0 Å². The van der Waals surface area contributed by atoms with Gasteiger partial charge in [0.2, 0.25) is 0 Å². The Bertz CT molecular complexity index is 356. The van der Waals surface area contributed by atoms with E-state index in [0.29, 0.717) is 6.04 Å². The molecule has 1 aliphatic heterocycles. The van der Waals surface area contributed by atoms with Crippen LogP contribution in [0.5, 0.6) is 0 Å². The lowest BCUT2D eigenvalue weighted by atomic mass is 9.54. The van der Waals surface area contributed by atoms with Gasteiger partial charge in [-0.2, -0.15) is 0 Å². The van der Waals surface area contributed by atoms with Crippen LogP contribution in [0.2, 0.25) is 0 Å². The Kier molecular flexibility index (Phi) is 2.76. The summed E-state index contributed by atoms with van der Waals surface area (Å²) in [7, 11) is 0. The van der Waals surface area contributed by atoms with E-state index >= 15 is 0 Å². The summed E-state index contributed by atoms with van der Waals surface area (Å²) in [6, 6.07) is 0.784. The van der Waals surface area contributed by atoms with Crippen molar-refractivity contribution >= 4 is 6.03 Å². The van der Waals surface area contributed by atoms with Gasteiger partial charge in [0.05, 0.1) is 0 Å². The third-order valence-electron chi connectivity index (χ3n) is 6.03. The van der Waals surface area contributed by atoms with Gasteiger partial charge in [-0.05, 0) is 62.2 Å². The van der Waals surface area contributed by atoms with Crippen molar-refractivity contribution in [1.29, 1.82) is 0 Å². The van der Waals surface area contributed by atoms with E-state index < -0.39 is 0 Å². The van der Waals surface area contributed by atoms with Crippen molar-refractivity contribution < 1.29 is 4.79 Å². The number of amides is 2. The first-order valence-electron chi connectivity index (χ1n) is 8.00. The number of likely N-dealkylation sites (tertiary alicyclic amines) is 1. The van der Waals surface area contributed by atoms with E-state index in [0.717, 1.165) is 43.2 Å². The fourth-order valence-electron chi connectivity index (χ4n) is 5.37. The van der Waals surface area contributed by atoms with Crippen molar-refractivity contribution in [2.45, 2.75) is 50.6 Å². The van der Waals surface area contributed by atoms with Gasteiger partial charge in [0.1, 0.15) is 0 Å². The maximum atomic E-state index is 12.3. The number of hydrogen-bond donors (Lipinski definition) is 2. The van der Waals surface area contributed by atoms with Crippen molar-refractivity contribution in [1.82, 2.24) is 10.2 Å². The van der Waals surface area contributed by atoms with Gasteiger partial charge < -0.3 is 16.0 Å². The zero-order valence-electron chi connectivity index (χ0n) is 11.6. The molecule has 4 bridgehead atoms. The molecule has 106 valence electrons. The minimum atomic E-state index is 0.144. The smallest absolute Gasteiger partial charge is 0.317 e. The normalized spacial score (nSPS) is 47.7. The maximum absolute atomic E-state index is 12.3. The van der Waals surface area contributed by atoms with Crippen molar-refractivity contribution in [3.8, 4) is 0 Å². The predicted molar refractivity (Wildman–Crippen MR) is 73.5 cm³/mol. The van der Waals surface area contributed by atoms with Crippen molar-refractivity contribution in [3.05, 3.63) is 0 Å². The van der Waals surface area contributed by atoms with Crippen LogP contribution in [0, 0.1) is 23.7 Å². The Morgan fingerprint density at radius 3 is 2.21 bits per heavy atom. The molecule has 5 aliphatic rings. The molecule has 4 saturated carbocycles. The minimum absolute atomic E-state index is 0.144. The van der Waals surface area contributed by atoms with E-state index in [-0.39, 0.29) is 12.1 Å². The third-order valence-corrected chi connectivity index (χ3v) is 6.03. The number of nitrogens with one attached hydrogen (secondary N) is 1. The Morgan fingerprint density at radius 1 is 1.05 bits per heavy atom. The number of nitrogens with zero attached hydrogens (tertiary/aromatic N) is 1. The van der Waals surface area contributed by atoms with Crippen LogP contribution in [0.3, 0.4) is 0 Å². The van der Waals surface area contributed by atoms with Gasteiger partial charge in [0.25, 0.3) is 0 Å². The summed E-state index contributed by atoms with van der Waals surface area (Å²) in [5.74, 6) is 3.46. The van der Waals surface area contributed by atoms with Crippen LogP contribution in [-0.2, 0) is 0 Å². The molecule has 5 fully saturated rings. The Morgan fingerprint density at radius 2 is 1.68 bits per heavy atom. The molecule has 4 aliphatic carbocycles. The summed E-state index contributed by atoms with van der Waals surface area (Å²) in [5.41, 5.74) is 5.89. The van der Waals surface area contributed by atoms with E-state index in [1.165, 1.54) is 32.1 Å². The molecular weight excluding hydrogens is 238 g/mol. The maximum Gasteiger partial charge on any atom is 0.317 e. The summed E-state index contributed by atoms with van der Waals surface area (Å²) in [6.07, 6.45) is 7.85. The van der Waals surface area contributed by atoms with E-state index in [2.05, 4.69) is 5.32 Å². The Hall–Kier alpha value is -0.770. The van der Waals surface area contributed by atoms with Gasteiger partial charge in [-0.25, -0.2) is 4.79 Å². The largest absolute Gasteiger partial charge is 0.335 e. The monoisotopic (exact) mass is 263 g/mol. The van der Waals surface area contributed by atoms with Crippen molar-refractivity contribution in [2.75, 3.05) is 13.1 Å². The molecule has 1 saturated heterocycles. The molecule has 0 radical (unpaired) electrons. The first-order chi connectivity index (χ1) is 9.19. The number of hydrogen-bond acceptors (Lipinski definition) is 2. The molecule has 4 heteroatoms. The molecule has 0 aromatic rings. The molecule has 1 unspecified atom stereocenters. The molecule has 4 nitrogen and oxygen atoms in total. The van der Waals surface area contributed by atoms with Gasteiger partial charge in [-0.3, -0.25) is 0 Å². The molecule has 1 atom stereocenters. The van der Waals surface area contributed by atoms with Gasteiger partial charge in [-0.15, -0.1) is 0 Å². The van der Waals surface area contributed by atoms with Crippen LogP contribution < -0.4 is 11.1 Å². The summed E-state index contributed by atoms with van der Waals surface area (Å²) in [6.45, 7) is 1.57. The molecular formula is C15H25N3O. The molecule has 3 N–H and O–H groups in total. The average Bonchev–Trinajstić information content (AvgIpc) is 2.79. The standard InChI is InChI=1S/C15H25N3O/c16-13-1-2-18(8-13)15(19)17-14-11-4-9-3-10(6-11)7-12(14)5-9/h9-14H,1-8,16H2,(H,17,19). The highest BCUT2D eigenvalue weighted by Gasteiger charge is 2.48. The van der Waals surface area contributed by atoms with E-state index in [1.807, 2.05) is 4.90 Å². The zero-order valence-corrected chi connectivity index (χ0v) is 11.6. The van der Waals surface area contributed by atoms with Crippen LogP contribution in [0.1, 0.15) is 38.5 Å². The molecule has 19 heavy (non-hydrogen) atoms. The fourth-order valence-corrected chi connectivity index (χ4v) is 5.37. The van der Waals surface area contributed by atoms with Crippen molar-refractivity contribution in [2.24, 2.45) is 29.4 Å². The third kappa shape index (κ3) is 2.04. The predicted octanol–water partition coefficient (Wildman–Crippen LogP) is 1.55. The number of nitrogens with two attached hydrogens (primary N) is 1. The minimum Gasteiger partial charge on any atom is -0.335 e. The van der Waals surface area contributed by atoms with Crippen LogP contribution in [-0.4, -0.2) is 36.1 Å². The molecule has 2 amide bonds. The molecule has 0 spiro atoms. The second kappa shape index (κ2) is 4.37. The fraction of sp³-hybridized carbons (Fsp3) is 0.933. The van der Waals surface area contributed by atoms with E-state index in [4.69, 9.17) is 5.73 Å². The molecule has 0 aromatic carbocycles. The quantitative estimate of drug-likeness (QED) is 0.754. The second-order valence-corrected chi connectivity index (χ2v) is 7.40. The van der Waals surface area contributed by atoms with Gasteiger partial charge in [-0.1, -0.05) is 0 Å². The second-order valence-electron chi connectivity index (χ2n) is 7.40. The molecule has 5 rings (SSSR count). The highest BCUT2D eigenvalue weighted by Crippen LogP contribution is 2.53.